The van der Waals surface area contributed by atoms with Crippen LogP contribution in [0.1, 0.15) is 101 Å². The molecule has 1 aromatic rings. The van der Waals surface area contributed by atoms with Crippen molar-refractivity contribution in [3.63, 3.8) is 0 Å². The van der Waals surface area contributed by atoms with Crippen molar-refractivity contribution in [2.24, 2.45) is 51.8 Å². The first-order valence-corrected chi connectivity index (χ1v) is 24.0. The van der Waals surface area contributed by atoms with E-state index in [9.17, 15) is 0 Å². The molecule has 0 aromatic heterocycles. The summed E-state index contributed by atoms with van der Waals surface area (Å²) in [5.41, 5.74) is 5.92. The number of hydrogen-bond acceptors (Lipinski definition) is 1. The van der Waals surface area contributed by atoms with Crippen molar-refractivity contribution in [2.75, 3.05) is 9.36 Å². The Morgan fingerprint density at radius 1 is 1.05 bits per heavy atom. The number of hydrogen-bond donors (Lipinski definition) is 0. The summed E-state index contributed by atoms with van der Waals surface area (Å²) in [5, 5.41) is 0. The molecule has 242 valence electrons. The van der Waals surface area contributed by atoms with Crippen molar-refractivity contribution < 1.29 is 25.9 Å². The normalized spacial score (nSPS) is 43.2. The van der Waals surface area contributed by atoms with Crippen LogP contribution in [0.15, 0.2) is 28.4 Å². The van der Waals surface area contributed by atoms with E-state index in [1.165, 1.54) is 91.7 Å². The zero-order chi connectivity index (χ0) is 30.7. The molecule has 4 unspecified atom stereocenters. The first kappa shape index (κ1) is 33.2. The molecule has 4 saturated carbocycles. The molecule has 1 nitrogen and oxygen atoms in total. The van der Waals surface area contributed by atoms with Gasteiger partial charge in [-0.15, -0.1) is 0 Å². The Labute approximate surface area is 306 Å². The maximum atomic E-state index is 6.90. The number of halogens is 3. The molecule has 0 bridgehead atoms. The molecule has 0 radical (unpaired) electrons. The monoisotopic (exact) mass is 931 g/mol. The molecule has 0 heterocycles. The van der Waals surface area contributed by atoms with Crippen LogP contribution in [0.5, 0.6) is 0 Å². The SMILES string of the molecule is C[I-][C@@H](CCCC(/C=C\I)CI)[C@]1(C)CC[C@@H]2[C@H]3C#CC4C[C@H](OC5Cc6ccc(C)cc6C5)CC[C@]45CC(CC[C@]21C)[C@H]35. The fraction of sp³-hybridized carbons (Fsp3) is 0.750. The minimum atomic E-state index is 0.223. The van der Waals surface area contributed by atoms with Gasteiger partial charge in [-0.2, -0.15) is 0 Å². The number of ether oxygens (including phenoxy) is 1. The average Bonchev–Trinajstić information content (AvgIpc) is 3.48. The number of rotatable bonds is 10. The summed E-state index contributed by atoms with van der Waals surface area (Å²) < 4.78 is 11.4. The topological polar surface area (TPSA) is 9.23 Å². The summed E-state index contributed by atoms with van der Waals surface area (Å²) in [5.74, 6) is 12.8. The van der Waals surface area contributed by atoms with Crippen molar-refractivity contribution in [2.45, 2.75) is 120 Å². The third kappa shape index (κ3) is 5.54. The van der Waals surface area contributed by atoms with Crippen molar-refractivity contribution >= 4 is 45.2 Å². The van der Waals surface area contributed by atoms with Gasteiger partial charge in [-0.05, 0) is 30.9 Å². The van der Waals surface area contributed by atoms with E-state index in [0.29, 0.717) is 40.3 Å². The molecule has 4 heteroatoms. The van der Waals surface area contributed by atoms with Crippen LogP contribution in [0.2, 0.25) is 0 Å². The second-order valence-corrected chi connectivity index (χ2v) is 20.6. The van der Waals surface area contributed by atoms with Gasteiger partial charge in [0.05, 0.1) is 0 Å². The van der Waals surface area contributed by atoms with E-state index in [2.05, 4.69) is 111 Å². The molecule has 44 heavy (non-hydrogen) atoms. The predicted molar refractivity (Wildman–Crippen MR) is 197 cm³/mol. The molecule has 6 aliphatic carbocycles. The summed E-state index contributed by atoms with van der Waals surface area (Å²) in [6, 6.07) is 7.01. The summed E-state index contributed by atoms with van der Waals surface area (Å²) in [6.07, 6.45) is 20.9. The Bertz CT molecular complexity index is 1310. The van der Waals surface area contributed by atoms with Crippen LogP contribution in [0.3, 0.4) is 0 Å². The van der Waals surface area contributed by atoms with Gasteiger partial charge in [-0.1, -0.05) is 23.8 Å². The summed E-state index contributed by atoms with van der Waals surface area (Å²) in [4.78, 5) is 2.61. The fourth-order valence-electron chi connectivity index (χ4n) is 12.0. The van der Waals surface area contributed by atoms with E-state index in [0.717, 1.165) is 40.4 Å². The van der Waals surface area contributed by atoms with E-state index in [4.69, 9.17) is 4.74 Å². The molecule has 0 amide bonds. The summed E-state index contributed by atoms with van der Waals surface area (Å²) >= 11 is 5.22. The number of allylic oxidation sites excluding steroid dienone is 1. The summed E-state index contributed by atoms with van der Waals surface area (Å²) in [7, 11) is 0. The van der Waals surface area contributed by atoms with Gasteiger partial charge in [-0.25, -0.2) is 0 Å². The third-order valence-electron chi connectivity index (χ3n) is 14.5. The Morgan fingerprint density at radius 2 is 1.89 bits per heavy atom. The molecular formula is C40H54I3O-. The van der Waals surface area contributed by atoms with Gasteiger partial charge >= 0.3 is 255 Å². The summed E-state index contributed by atoms with van der Waals surface area (Å²) in [6.45, 7) is 7.77. The molecule has 1 spiro atoms. The van der Waals surface area contributed by atoms with Gasteiger partial charge < -0.3 is 0 Å². The van der Waals surface area contributed by atoms with Gasteiger partial charge in [0.15, 0.2) is 0 Å². The van der Waals surface area contributed by atoms with Gasteiger partial charge in [0.25, 0.3) is 0 Å². The molecular weight excluding hydrogens is 877 g/mol. The van der Waals surface area contributed by atoms with Gasteiger partial charge in [0.2, 0.25) is 0 Å². The minimum absolute atomic E-state index is 0.223. The Balaban J connectivity index is 1.05. The quantitative estimate of drug-likeness (QED) is 0.135. The standard InChI is InChI=1S/C40H54I3O/c1-26-8-9-28-21-33(22-30(28)20-26)44-32-13-18-40-24-29-12-16-38(2)35(34(37(29)40)11-10-31(40)23-32)14-17-39(38,3)36(43-4)7-5-6-27(25-42)15-19-41/h8-9,15,19-20,27,29,31-37H,5-7,12-14,16-18,21-25H2,1-4H3/q-1/b19-15-/t27?,29?,31?,32-,33?,34-,35-,36+,37-,38-,39+,40+/m1/s1. The zero-order valence-corrected chi connectivity index (χ0v) is 34.0. The molecule has 0 N–H and O–H groups in total. The number of alkyl halides is 3. The van der Waals surface area contributed by atoms with Crippen LogP contribution in [0, 0.1) is 70.5 Å². The van der Waals surface area contributed by atoms with Gasteiger partial charge in [-0.3, -0.25) is 0 Å². The van der Waals surface area contributed by atoms with Crippen LogP contribution >= 0.6 is 45.2 Å². The van der Waals surface area contributed by atoms with E-state index >= 15 is 0 Å². The van der Waals surface area contributed by atoms with Crippen molar-refractivity contribution in [3.05, 3.63) is 45.0 Å². The molecule has 1 aromatic carbocycles. The molecule has 0 aliphatic heterocycles. The second-order valence-electron chi connectivity index (χ2n) is 16.3. The molecule has 0 saturated heterocycles. The number of fused-ring (bicyclic) bond motifs is 3. The first-order chi connectivity index (χ1) is 21.2. The first-order valence-electron chi connectivity index (χ1n) is 17.8. The molecule has 4 fully saturated rings. The Hall–Kier alpha value is 0.670. The van der Waals surface area contributed by atoms with Gasteiger partial charge in [0, 0.05) is 0 Å². The van der Waals surface area contributed by atoms with Crippen LogP contribution < -0.4 is 21.2 Å². The third-order valence-corrected chi connectivity index (χ3v) is 19.5. The van der Waals surface area contributed by atoms with Crippen LogP contribution in [-0.4, -0.2) is 25.5 Å². The van der Waals surface area contributed by atoms with Gasteiger partial charge in [0.1, 0.15) is 0 Å². The van der Waals surface area contributed by atoms with Crippen molar-refractivity contribution in [1.82, 2.24) is 0 Å². The Morgan fingerprint density at radius 3 is 2.68 bits per heavy atom. The molecule has 6 aliphatic rings. The zero-order valence-electron chi connectivity index (χ0n) is 27.5. The second kappa shape index (κ2) is 13.2. The van der Waals surface area contributed by atoms with Crippen molar-refractivity contribution in [3.8, 4) is 11.8 Å². The van der Waals surface area contributed by atoms with Crippen molar-refractivity contribution in [1.29, 1.82) is 0 Å². The van der Waals surface area contributed by atoms with E-state index in [1.54, 1.807) is 0 Å². The maximum absolute atomic E-state index is 6.90. The fourth-order valence-corrected chi connectivity index (χ4v) is 16.8. The van der Waals surface area contributed by atoms with E-state index < -0.39 is 0 Å². The van der Waals surface area contributed by atoms with Crippen LogP contribution in [-0.2, 0) is 17.6 Å². The number of aryl methyl sites for hydroxylation is 1. The average molecular weight is 932 g/mol. The Kier molecular flexibility index (Phi) is 9.94. The number of benzene rings is 1. The molecule has 7 rings (SSSR count). The predicted octanol–water partition coefficient (Wildman–Crippen LogP) is 7.38. The van der Waals surface area contributed by atoms with E-state index in [-0.39, 0.29) is 21.2 Å². The van der Waals surface area contributed by atoms with E-state index in [1.807, 2.05) is 0 Å². The van der Waals surface area contributed by atoms with Crippen LogP contribution in [0.4, 0.5) is 0 Å². The molecule has 12 atom stereocenters. The van der Waals surface area contributed by atoms with Crippen LogP contribution in [0.25, 0.3) is 0 Å².